The third kappa shape index (κ3) is 2.25. The highest BCUT2D eigenvalue weighted by molar-refractivity contribution is 9.10. The fraction of sp³-hybridized carbons (Fsp3) is 0.333. The summed E-state index contributed by atoms with van der Waals surface area (Å²) in [6.45, 7) is 0. The smallest absolute Gasteiger partial charge is 0.0753 e. The average Bonchev–Trinajstić information content (AvgIpc) is 2.56. The molecule has 1 fully saturated rings. The molecule has 1 saturated carbocycles. The summed E-state index contributed by atoms with van der Waals surface area (Å²) in [5.41, 5.74) is 2.34. The molecule has 1 aromatic rings. The molecule has 1 nitrogen and oxygen atoms in total. The molecule has 1 aliphatic carbocycles. The van der Waals surface area contributed by atoms with Crippen LogP contribution in [0, 0.1) is 0 Å². The zero-order chi connectivity index (χ0) is 9.97. The summed E-state index contributed by atoms with van der Waals surface area (Å²) < 4.78 is 1.09. The van der Waals surface area contributed by atoms with Crippen molar-refractivity contribution in [2.75, 3.05) is 0 Å². The van der Waals surface area contributed by atoms with Crippen LogP contribution in [0.3, 0.4) is 0 Å². The van der Waals surface area contributed by atoms with E-state index in [2.05, 4.69) is 34.1 Å². The van der Waals surface area contributed by atoms with Gasteiger partial charge in [0.05, 0.1) is 6.10 Å². The van der Waals surface area contributed by atoms with E-state index in [9.17, 15) is 5.11 Å². The quantitative estimate of drug-likeness (QED) is 0.813. The second-order valence-electron chi connectivity index (χ2n) is 3.68. The van der Waals surface area contributed by atoms with Gasteiger partial charge in [-0.1, -0.05) is 34.1 Å². The summed E-state index contributed by atoms with van der Waals surface area (Å²) in [5, 5.41) is 9.63. The maximum Gasteiger partial charge on any atom is 0.0753 e. The summed E-state index contributed by atoms with van der Waals surface area (Å²) in [4.78, 5) is 0. The molecule has 0 aliphatic heterocycles. The summed E-state index contributed by atoms with van der Waals surface area (Å²) >= 11 is 3.40. The van der Waals surface area contributed by atoms with Gasteiger partial charge in [0.1, 0.15) is 0 Å². The molecule has 0 aromatic heterocycles. The van der Waals surface area contributed by atoms with Crippen molar-refractivity contribution in [3.8, 4) is 0 Å². The molecule has 2 rings (SSSR count). The molecular weight excluding hydrogens is 240 g/mol. The molecule has 0 heterocycles. The van der Waals surface area contributed by atoms with Gasteiger partial charge in [0, 0.05) is 4.47 Å². The summed E-state index contributed by atoms with van der Waals surface area (Å²) in [5.74, 6) is 0. The van der Waals surface area contributed by atoms with Gasteiger partial charge in [-0.15, -0.1) is 0 Å². The van der Waals surface area contributed by atoms with E-state index in [-0.39, 0.29) is 6.10 Å². The molecule has 0 saturated heterocycles. The van der Waals surface area contributed by atoms with E-state index < -0.39 is 0 Å². The van der Waals surface area contributed by atoms with Gasteiger partial charge in [-0.3, -0.25) is 0 Å². The maximum atomic E-state index is 9.63. The average molecular weight is 253 g/mol. The second kappa shape index (κ2) is 4.28. The Kier molecular flexibility index (Phi) is 3.04. The van der Waals surface area contributed by atoms with Crippen molar-refractivity contribution < 1.29 is 5.11 Å². The number of hydrogen-bond acceptors (Lipinski definition) is 1. The largest absolute Gasteiger partial charge is 0.389 e. The highest BCUT2D eigenvalue weighted by Crippen LogP contribution is 2.26. The number of halogens is 1. The Morgan fingerprint density at radius 2 is 2.00 bits per heavy atom. The topological polar surface area (TPSA) is 20.2 Å². The predicted octanol–water partition coefficient (Wildman–Crippen LogP) is 3.38. The second-order valence-corrected chi connectivity index (χ2v) is 4.59. The van der Waals surface area contributed by atoms with Crippen LogP contribution in [0.4, 0.5) is 0 Å². The van der Waals surface area contributed by atoms with Crippen molar-refractivity contribution in [2.24, 2.45) is 0 Å². The fourth-order valence-corrected chi connectivity index (χ4v) is 2.06. The van der Waals surface area contributed by atoms with E-state index in [0.29, 0.717) is 0 Å². The third-order valence-electron chi connectivity index (χ3n) is 2.59. The molecule has 0 bridgehead atoms. The highest BCUT2D eigenvalue weighted by Gasteiger charge is 2.17. The molecule has 0 amide bonds. The minimum absolute atomic E-state index is 0.210. The first kappa shape index (κ1) is 9.94. The Morgan fingerprint density at radius 3 is 2.57 bits per heavy atom. The van der Waals surface area contributed by atoms with E-state index >= 15 is 0 Å². The lowest BCUT2D eigenvalue weighted by Gasteiger charge is -2.03. The lowest BCUT2D eigenvalue weighted by atomic mass is 10.1. The minimum Gasteiger partial charge on any atom is -0.389 e. The van der Waals surface area contributed by atoms with Crippen LogP contribution >= 0.6 is 15.9 Å². The van der Waals surface area contributed by atoms with Crippen LogP contribution in [0.1, 0.15) is 24.8 Å². The van der Waals surface area contributed by atoms with Crippen molar-refractivity contribution >= 4 is 22.0 Å². The molecule has 14 heavy (non-hydrogen) atoms. The number of benzene rings is 1. The Morgan fingerprint density at radius 1 is 1.29 bits per heavy atom. The Bertz CT molecular complexity index is 340. The standard InChI is InChI=1S/C12H13BrO/c13-11-6-4-9(5-7-11)8-10-2-1-3-12(10)14/h4-8,12,14H,1-3H2/b10-8+/t12-/m0/s1. The van der Waals surface area contributed by atoms with Crippen molar-refractivity contribution in [3.63, 3.8) is 0 Å². The zero-order valence-electron chi connectivity index (χ0n) is 7.91. The number of hydrogen-bond donors (Lipinski definition) is 1. The van der Waals surface area contributed by atoms with Crippen LogP contribution in [-0.2, 0) is 0 Å². The van der Waals surface area contributed by atoms with Gasteiger partial charge in [-0.25, -0.2) is 0 Å². The zero-order valence-corrected chi connectivity index (χ0v) is 9.50. The molecule has 0 unspecified atom stereocenters. The number of aliphatic hydroxyl groups excluding tert-OH is 1. The van der Waals surface area contributed by atoms with Gasteiger partial charge in [0.15, 0.2) is 0 Å². The summed E-state index contributed by atoms with van der Waals surface area (Å²) in [6, 6.07) is 8.16. The van der Waals surface area contributed by atoms with Gasteiger partial charge in [0.25, 0.3) is 0 Å². The van der Waals surface area contributed by atoms with Crippen molar-refractivity contribution in [1.82, 2.24) is 0 Å². The van der Waals surface area contributed by atoms with E-state index in [1.165, 1.54) is 11.1 Å². The highest BCUT2D eigenvalue weighted by atomic mass is 79.9. The maximum absolute atomic E-state index is 9.63. The minimum atomic E-state index is -0.210. The molecule has 1 aliphatic rings. The number of rotatable bonds is 1. The van der Waals surface area contributed by atoms with Crippen LogP contribution in [0.5, 0.6) is 0 Å². The molecule has 0 spiro atoms. The molecule has 1 atom stereocenters. The SMILES string of the molecule is O[C@H]1CCC/C1=C\c1ccc(Br)cc1. The van der Waals surface area contributed by atoms with Gasteiger partial charge >= 0.3 is 0 Å². The van der Waals surface area contributed by atoms with Gasteiger partial charge < -0.3 is 5.11 Å². The first-order valence-electron chi connectivity index (χ1n) is 4.90. The molecule has 1 N–H and O–H groups in total. The van der Waals surface area contributed by atoms with E-state index in [1.54, 1.807) is 0 Å². The van der Waals surface area contributed by atoms with Crippen molar-refractivity contribution in [2.45, 2.75) is 25.4 Å². The lowest BCUT2D eigenvalue weighted by molar-refractivity contribution is 0.219. The lowest BCUT2D eigenvalue weighted by Crippen LogP contribution is -2.00. The monoisotopic (exact) mass is 252 g/mol. The van der Waals surface area contributed by atoms with Crippen LogP contribution in [0.2, 0.25) is 0 Å². The third-order valence-corrected chi connectivity index (χ3v) is 3.12. The first-order valence-corrected chi connectivity index (χ1v) is 5.69. The van der Waals surface area contributed by atoms with Crippen molar-refractivity contribution in [1.29, 1.82) is 0 Å². The Hall–Kier alpha value is -0.600. The van der Waals surface area contributed by atoms with Crippen LogP contribution in [-0.4, -0.2) is 11.2 Å². The fourth-order valence-electron chi connectivity index (χ4n) is 1.79. The summed E-state index contributed by atoms with van der Waals surface area (Å²) in [7, 11) is 0. The van der Waals surface area contributed by atoms with Gasteiger partial charge in [-0.2, -0.15) is 0 Å². The summed E-state index contributed by atoms with van der Waals surface area (Å²) in [6.07, 6.45) is 4.96. The molecule has 74 valence electrons. The number of aliphatic hydroxyl groups is 1. The Labute approximate surface area is 92.6 Å². The predicted molar refractivity (Wildman–Crippen MR) is 62.0 cm³/mol. The van der Waals surface area contributed by atoms with Gasteiger partial charge in [-0.05, 0) is 42.5 Å². The first-order chi connectivity index (χ1) is 6.75. The van der Waals surface area contributed by atoms with Crippen LogP contribution in [0.15, 0.2) is 34.3 Å². The van der Waals surface area contributed by atoms with E-state index in [1.807, 2.05) is 12.1 Å². The molecule has 2 heteroatoms. The molecule has 1 aromatic carbocycles. The van der Waals surface area contributed by atoms with Crippen LogP contribution in [0.25, 0.3) is 6.08 Å². The normalized spacial score (nSPS) is 24.4. The van der Waals surface area contributed by atoms with E-state index in [4.69, 9.17) is 0 Å². The van der Waals surface area contributed by atoms with Gasteiger partial charge in [0.2, 0.25) is 0 Å². The Balaban J connectivity index is 2.20. The molecular formula is C12H13BrO. The van der Waals surface area contributed by atoms with Crippen LogP contribution < -0.4 is 0 Å². The van der Waals surface area contributed by atoms with E-state index in [0.717, 1.165) is 23.7 Å². The van der Waals surface area contributed by atoms with Crippen molar-refractivity contribution in [3.05, 3.63) is 39.9 Å². The molecule has 0 radical (unpaired) electrons.